The number of hydrogen-bond acceptors (Lipinski definition) is 9. The fraction of sp³-hybridized carbons (Fsp3) is 0.444. The summed E-state index contributed by atoms with van der Waals surface area (Å²) in [6.45, 7) is 10.7. The second-order valence-corrected chi connectivity index (χ2v) is 10.2. The molecule has 196 valence electrons. The first-order valence-electron chi connectivity index (χ1n) is 12.7. The minimum Gasteiger partial charge on any atom is -0.496 e. The predicted octanol–water partition coefficient (Wildman–Crippen LogP) is 3.50. The van der Waals surface area contributed by atoms with Crippen LogP contribution in [0.2, 0.25) is 0 Å². The first kappa shape index (κ1) is 25.0. The smallest absolute Gasteiger partial charge is 0.222 e. The molecule has 0 unspecified atom stereocenters. The second-order valence-electron chi connectivity index (χ2n) is 10.2. The molecule has 1 aromatic carbocycles. The molecule has 3 aromatic heterocycles. The van der Waals surface area contributed by atoms with Gasteiger partial charge in [-0.3, -0.25) is 9.80 Å². The number of methoxy groups -OCH3 is 1. The highest BCUT2D eigenvalue weighted by molar-refractivity contribution is 5.87. The largest absolute Gasteiger partial charge is 0.496 e. The summed E-state index contributed by atoms with van der Waals surface area (Å²) in [5.74, 6) is 1.75. The number of nitrogens with one attached hydrogen (secondary N) is 1. The average molecular weight is 505 g/mol. The minimum atomic E-state index is 0.222. The minimum absolute atomic E-state index is 0.222. The SMILES string of the molecule is COc1cc(CN2CC(N(C)C(C)C)C2)ccc1Cn1ccc2nc(N)nc(NCc3nocc3C)c21. The van der Waals surface area contributed by atoms with E-state index in [4.69, 9.17) is 15.0 Å². The van der Waals surface area contributed by atoms with Gasteiger partial charge in [0, 0.05) is 49.0 Å². The maximum atomic E-state index is 5.99. The predicted molar refractivity (Wildman–Crippen MR) is 145 cm³/mol. The topological polar surface area (TPSA) is 110 Å². The number of fused-ring (bicyclic) bond motifs is 1. The Kier molecular flexibility index (Phi) is 7.03. The van der Waals surface area contributed by atoms with Crippen molar-refractivity contribution in [1.29, 1.82) is 0 Å². The lowest BCUT2D eigenvalue weighted by atomic mass is 10.0. The van der Waals surface area contributed by atoms with Crippen molar-refractivity contribution >= 4 is 22.8 Å². The van der Waals surface area contributed by atoms with E-state index in [9.17, 15) is 0 Å². The van der Waals surface area contributed by atoms with E-state index >= 15 is 0 Å². The number of likely N-dealkylation sites (tertiary alicyclic amines) is 1. The normalized spacial score (nSPS) is 14.6. The third-order valence-corrected chi connectivity index (χ3v) is 7.33. The summed E-state index contributed by atoms with van der Waals surface area (Å²) in [5.41, 5.74) is 11.8. The van der Waals surface area contributed by atoms with Gasteiger partial charge in [-0.25, -0.2) is 4.98 Å². The summed E-state index contributed by atoms with van der Waals surface area (Å²) in [4.78, 5) is 13.8. The van der Waals surface area contributed by atoms with Crippen LogP contribution in [-0.4, -0.2) is 68.8 Å². The fourth-order valence-corrected chi connectivity index (χ4v) is 4.84. The number of ether oxygens (including phenoxy) is 1. The van der Waals surface area contributed by atoms with Gasteiger partial charge in [-0.1, -0.05) is 17.3 Å². The van der Waals surface area contributed by atoms with Crippen molar-refractivity contribution in [2.24, 2.45) is 0 Å². The maximum absolute atomic E-state index is 5.99. The Morgan fingerprint density at radius 2 is 2.03 bits per heavy atom. The molecule has 1 aliphatic rings. The van der Waals surface area contributed by atoms with Crippen LogP contribution in [0.3, 0.4) is 0 Å². The zero-order chi connectivity index (χ0) is 26.1. The van der Waals surface area contributed by atoms with Crippen LogP contribution in [0.4, 0.5) is 11.8 Å². The van der Waals surface area contributed by atoms with E-state index in [0.717, 1.165) is 53.2 Å². The highest BCUT2D eigenvalue weighted by Gasteiger charge is 2.30. The lowest BCUT2D eigenvalue weighted by molar-refractivity contribution is 0.0279. The zero-order valence-corrected chi connectivity index (χ0v) is 22.2. The summed E-state index contributed by atoms with van der Waals surface area (Å²) < 4.78 is 13.0. The van der Waals surface area contributed by atoms with Crippen molar-refractivity contribution in [3.05, 3.63) is 59.1 Å². The van der Waals surface area contributed by atoms with E-state index < -0.39 is 0 Å². The number of benzene rings is 1. The molecule has 0 bridgehead atoms. The maximum Gasteiger partial charge on any atom is 0.222 e. The first-order valence-corrected chi connectivity index (χ1v) is 12.7. The molecule has 0 amide bonds. The van der Waals surface area contributed by atoms with Crippen molar-refractivity contribution in [3.63, 3.8) is 0 Å². The Bertz CT molecular complexity index is 1370. The third kappa shape index (κ3) is 5.26. The Morgan fingerprint density at radius 1 is 1.22 bits per heavy atom. The lowest BCUT2D eigenvalue weighted by Crippen LogP contribution is -2.59. The van der Waals surface area contributed by atoms with E-state index in [1.165, 1.54) is 5.56 Å². The van der Waals surface area contributed by atoms with Gasteiger partial charge in [0.25, 0.3) is 0 Å². The molecular weight excluding hydrogens is 468 g/mol. The molecule has 0 atom stereocenters. The number of aromatic nitrogens is 4. The van der Waals surface area contributed by atoms with Gasteiger partial charge in [-0.05, 0) is 45.5 Å². The Labute approximate surface area is 217 Å². The lowest BCUT2D eigenvalue weighted by Gasteiger charge is -2.45. The Hall–Kier alpha value is -3.63. The summed E-state index contributed by atoms with van der Waals surface area (Å²) in [6.07, 6.45) is 3.63. The number of likely N-dealkylation sites (N-methyl/N-ethyl adjacent to an activating group) is 1. The molecule has 4 aromatic rings. The number of rotatable bonds is 10. The summed E-state index contributed by atoms with van der Waals surface area (Å²) >= 11 is 0. The van der Waals surface area contributed by atoms with Gasteiger partial charge in [0.15, 0.2) is 5.82 Å². The van der Waals surface area contributed by atoms with Gasteiger partial charge < -0.3 is 24.9 Å². The number of aryl methyl sites for hydroxylation is 1. The Morgan fingerprint density at radius 3 is 2.73 bits per heavy atom. The van der Waals surface area contributed by atoms with Crippen molar-refractivity contribution in [2.75, 3.05) is 38.3 Å². The monoisotopic (exact) mass is 504 g/mol. The van der Waals surface area contributed by atoms with E-state index in [1.807, 2.05) is 19.2 Å². The van der Waals surface area contributed by atoms with E-state index in [1.54, 1.807) is 13.4 Å². The van der Waals surface area contributed by atoms with Gasteiger partial charge in [0.05, 0.1) is 25.7 Å². The van der Waals surface area contributed by atoms with E-state index in [2.05, 4.69) is 73.9 Å². The molecule has 37 heavy (non-hydrogen) atoms. The van der Waals surface area contributed by atoms with Crippen LogP contribution in [-0.2, 0) is 19.6 Å². The molecule has 0 spiro atoms. The molecule has 10 heteroatoms. The quantitative estimate of drug-likeness (QED) is 0.335. The van der Waals surface area contributed by atoms with Gasteiger partial charge >= 0.3 is 0 Å². The number of anilines is 2. The van der Waals surface area contributed by atoms with E-state index in [0.29, 0.717) is 31.0 Å². The van der Waals surface area contributed by atoms with Crippen molar-refractivity contribution in [3.8, 4) is 5.75 Å². The van der Waals surface area contributed by atoms with Crippen LogP contribution >= 0.6 is 0 Å². The number of nitrogens with zero attached hydrogens (tertiary/aromatic N) is 6. The highest BCUT2D eigenvalue weighted by Crippen LogP contribution is 2.28. The van der Waals surface area contributed by atoms with Gasteiger partial charge in [0.2, 0.25) is 5.95 Å². The number of nitrogen functional groups attached to an aromatic ring is 1. The van der Waals surface area contributed by atoms with Gasteiger partial charge in [-0.2, -0.15) is 4.98 Å². The number of nitrogens with two attached hydrogens (primary N) is 1. The molecule has 0 saturated carbocycles. The molecular formula is C27H36N8O2. The van der Waals surface area contributed by atoms with Crippen LogP contribution in [0, 0.1) is 6.92 Å². The van der Waals surface area contributed by atoms with Crippen LogP contribution in [0.5, 0.6) is 5.75 Å². The van der Waals surface area contributed by atoms with Crippen molar-refractivity contribution < 1.29 is 9.26 Å². The zero-order valence-electron chi connectivity index (χ0n) is 22.2. The van der Waals surface area contributed by atoms with Crippen molar-refractivity contribution in [2.45, 2.75) is 52.5 Å². The molecule has 4 heterocycles. The van der Waals surface area contributed by atoms with Crippen LogP contribution in [0.25, 0.3) is 11.0 Å². The molecule has 0 radical (unpaired) electrons. The molecule has 0 aliphatic carbocycles. The first-order chi connectivity index (χ1) is 17.8. The van der Waals surface area contributed by atoms with Crippen LogP contribution < -0.4 is 15.8 Å². The van der Waals surface area contributed by atoms with Crippen LogP contribution in [0.1, 0.15) is 36.2 Å². The number of hydrogen-bond donors (Lipinski definition) is 2. The Balaban J connectivity index is 1.32. The van der Waals surface area contributed by atoms with Crippen molar-refractivity contribution in [1.82, 2.24) is 29.5 Å². The van der Waals surface area contributed by atoms with E-state index in [-0.39, 0.29) is 5.95 Å². The molecule has 5 rings (SSSR count). The summed E-state index contributed by atoms with van der Waals surface area (Å²) in [5, 5.41) is 7.41. The van der Waals surface area contributed by atoms with Crippen LogP contribution in [0.15, 0.2) is 41.2 Å². The summed E-state index contributed by atoms with van der Waals surface area (Å²) in [7, 11) is 3.94. The second kappa shape index (κ2) is 10.4. The average Bonchev–Trinajstić information content (AvgIpc) is 3.45. The highest BCUT2D eigenvalue weighted by atomic mass is 16.5. The van der Waals surface area contributed by atoms with Gasteiger partial charge in [0.1, 0.15) is 23.2 Å². The fourth-order valence-electron chi connectivity index (χ4n) is 4.84. The molecule has 10 nitrogen and oxygen atoms in total. The third-order valence-electron chi connectivity index (χ3n) is 7.33. The molecule has 1 aliphatic heterocycles. The standard InChI is InChI=1S/C27H36N8O2/c1-17(2)33(4)21-14-34(15-21)12-19-6-7-20(24(10-19)36-5)13-35-9-8-22-25(35)26(31-27(28)30-22)29-11-23-18(3)16-37-32-23/h6-10,16-17,21H,11-15H2,1-5H3,(H3,28,29,30,31). The molecule has 1 fully saturated rings. The molecule has 3 N–H and O–H groups in total. The molecule has 1 saturated heterocycles. The summed E-state index contributed by atoms with van der Waals surface area (Å²) in [6, 6.07) is 9.66. The van der Waals surface area contributed by atoms with Gasteiger partial charge in [-0.15, -0.1) is 0 Å².